The normalized spacial score (nSPS) is 13.0. The number of hydrogen-bond donors (Lipinski definition) is 0. The topological polar surface area (TPSA) is 3.24 Å². The van der Waals surface area contributed by atoms with E-state index in [1.807, 2.05) is 11.3 Å². The van der Waals surface area contributed by atoms with Crippen LogP contribution in [0.5, 0.6) is 0 Å². The van der Waals surface area contributed by atoms with E-state index in [0.29, 0.717) is 0 Å². The van der Waals surface area contributed by atoms with Gasteiger partial charge >= 0.3 is 0 Å². The van der Waals surface area contributed by atoms with E-state index in [2.05, 4.69) is 256 Å². The monoisotopic (exact) mass is 849 g/mol. The molecule has 12 rings (SSSR count). The van der Waals surface area contributed by atoms with Crippen molar-refractivity contribution in [1.82, 2.24) is 0 Å². The van der Waals surface area contributed by atoms with Crippen molar-refractivity contribution in [2.24, 2.45) is 0 Å². The molecule has 0 atom stereocenters. The molecule has 0 unspecified atom stereocenters. The van der Waals surface area contributed by atoms with Crippen LogP contribution in [0.2, 0.25) is 0 Å². The van der Waals surface area contributed by atoms with Crippen molar-refractivity contribution in [3.63, 3.8) is 0 Å². The molecule has 1 nitrogen and oxygen atoms in total. The highest BCUT2D eigenvalue weighted by molar-refractivity contribution is 7.25. The first-order valence-electron chi connectivity index (χ1n) is 22.7. The third-order valence-electron chi connectivity index (χ3n) is 13.7. The fraction of sp³-hybridized carbons (Fsp3) is 0.0794. The Labute approximate surface area is 385 Å². The smallest absolute Gasteiger partial charge is 0.0713 e. The molecule has 2 heteroatoms. The molecule has 0 N–H and O–H groups in total. The van der Waals surface area contributed by atoms with Crippen LogP contribution >= 0.6 is 11.3 Å². The van der Waals surface area contributed by atoms with Crippen LogP contribution in [0.1, 0.15) is 48.6 Å². The molecule has 0 amide bonds. The molecule has 0 bridgehead atoms. The number of nitrogens with zero attached hydrogens (tertiary/aromatic N) is 1. The van der Waals surface area contributed by atoms with Crippen molar-refractivity contribution in [3.8, 4) is 33.4 Å². The third kappa shape index (κ3) is 6.35. The van der Waals surface area contributed by atoms with E-state index in [9.17, 15) is 0 Å². The van der Waals surface area contributed by atoms with Gasteiger partial charge in [-0.2, -0.15) is 0 Å². The largest absolute Gasteiger partial charge is 0.310 e. The van der Waals surface area contributed by atoms with Crippen LogP contribution in [0.3, 0.4) is 0 Å². The molecule has 0 fully saturated rings. The van der Waals surface area contributed by atoms with Crippen LogP contribution in [-0.4, -0.2) is 0 Å². The van der Waals surface area contributed by atoms with Gasteiger partial charge in [0.2, 0.25) is 0 Å². The lowest BCUT2D eigenvalue weighted by Crippen LogP contribution is -2.28. The van der Waals surface area contributed by atoms with Gasteiger partial charge in [-0.1, -0.05) is 203 Å². The molecular formula is C63H47NS. The van der Waals surface area contributed by atoms with Gasteiger partial charge in [-0.05, 0) is 120 Å². The van der Waals surface area contributed by atoms with Crippen molar-refractivity contribution in [3.05, 3.63) is 258 Å². The van der Waals surface area contributed by atoms with Crippen molar-refractivity contribution in [2.75, 3.05) is 4.90 Å². The Morgan fingerprint density at radius 1 is 0.400 bits per heavy atom. The highest BCUT2D eigenvalue weighted by atomic mass is 32.1. The van der Waals surface area contributed by atoms with Gasteiger partial charge in [-0.3, -0.25) is 0 Å². The number of hydrogen-bond acceptors (Lipinski definition) is 2. The summed E-state index contributed by atoms with van der Waals surface area (Å²) in [7, 11) is 0. The van der Waals surface area contributed by atoms with Gasteiger partial charge in [-0.25, -0.2) is 0 Å². The van der Waals surface area contributed by atoms with Gasteiger partial charge in [-0.15, -0.1) is 11.3 Å². The fourth-order valence-corrected chi connectivity index (χ4v) is 11.7. The second kappa shape index (κ2) is 15.3. The SMILES string of the molecule is CC(C)(C)c1ccc(-c2ccc(N(c3ccc4c(c3)-c3ccccc3C4(c3ccccc3)c3ccccc3)c3ccc4ccccc4c3-c3ccc4sc5ccccc5c4c3)cc2)cc1. The summed E-state index contributed by atoms with van der Waals surface area (Å²) in [6.45, 7) is 6.82. The quantitative estimate of drug-likeness (QED) is 0.154. The second-order valence-corrected chi connectivity index (χ2v) is 19.5. The van der Waals surface area contributed by atoms with Gasteiger partial charge < -0.3 is 4.90 Å². The summed E-state index contributed by atoms with van der Waals surface area (Å²) in [5.74, 6) is 0. The highest BCUT2D eigenvalue weighted by Crippen LogP contribution is 2.57. The maximum atomic E-state index is 2.50. The van der Waals surface area contributed by atoms with E-state index in [0.717, 1.165) is 17.1 Å². The van der Waals surface area contributed by atoms with Gasteiger partial charge in [0, 0.05) is 37.1 Å². The predicted molar refractivity (Wildman–Crippen MR) is 278 cm³/mol. The maximum absolute atomic E-state index is 2.50. The molecule has 1 aliphatic rings. The molecule has 0 saturated carbocycles. The number of fused-ring (bicyclic) bond motifs is 7. The molecule has 310 valence electrons. The average molecular weight is 850 g/mol. The van der Waals surface area contributed by atoms with E-state index in [-0.39, 0.29) is 5.41 Å². The standard InChI is InChI=1S/C63H47NS/c1-62(2,3)46-32-26-42(27-33-46)43-28-34-49(35-29-43)64(58-38-30-44-16-10-11-21-51(44)61(58)45-31-39-60-55(40-45)53-23-13-15-25-59(53)65-60)50-36-37-57-54(41-50)52-22-12-14-24-56(52)63(57,47-17-6-4-7-18-47)48-19-8-5-9-20-48/h4-41H,1-3H3. The van der Waals surface area contributed by atoms with Gasteiger partial charge in [0.05, 0.1) is 11.1 Å². The highest BCUT2D eigenvalue weighted by Gasteiger charge is 2.46. The van der Waals surface area contributed by atoms with Crippen LogP contribution < -0.4 is 4.90 Å². The van der Waals surface area contributed by atoms with Gasteiger partial charge in [0.15, 0.2) is 0 Å². The number of benzene rings is 10. The summed E-state index contributed by atoms with van der Waals surface area (Å²) in [5, 5.41) is 5.04. The molecule has 0 radical (unpaired) electrons. The van der Waals surface area contributed by atoms with E-state index >= 15 is 0 Å². The Hall–Kier alpha value is -7.52. The Morgan fingerprint density at radius 2 is 0.969 bits per heavy atom. The zero-order valence-corrected chi connectivity index (χ0v) is 37.6. The Bertz CT molecular complexity index is 3520. The minimum atomic E-state index is -0.477. The lowest BCUT2D eigenvalue weighted by Gasteiger charge is -2.34. The zero-order chi connectivity index (χ0) is 43.7. The van der Waals surface area contributed by atoms with Crippen LogP contribution in [0.15, 0.2) is 231 Å². The summed E-state index contributed by atoms with van der Waals surface area (Å²) >= 11 is 1.87. The maximum Gasteiger partial charge on any atom is 0.0713 e. The Morgan fingerprint density at radius 3 is 1.69 bits per heavy atom. The number of thiophene rings is 1. The Kier molecular flexibility index (Phi) is 9.22. The molecule has 10 aromatic carbocycles. The molecule has 0 saturated heterocycles. The van der Waals surface area contributed by atoms with Crippen LogP contribution in [0.4, 0.5) is 17.1 Å². The summed E-state index contributed by atoms with van der Waals surface area (Å²) in [5.41, 5.74) is 16.8. The molecular weight excluding hydrogens is 803 g/mol. The van der Waals surface area contributed by atoms with Gasteiger partial charge in [0.25, 0.3) is 0 Å². The van der Waals surface area contributed by atoms with E-state index in [4.69, 9.17) is 0 Å². The molecule has 0 spiro atoms. The minimum absolute atomic E-state index is 0.0970. The Balaban J connectivity index is 1.10. The summed E-state index contributed by atoms with van der Waals surface area (Å²) in [6.07, 6.45) is 0. The predicted octanol–water partition coefficient (Wildman–Crippen LogP) is 17.7. The van der Waals surface area contributed by atoms with Crippen molar-refractivity contribution < 1.29 is 0 Å². The van der Waals surface area contributed by atoms with E-state index in [1.165, 1.54) is 92.1 Å². The molecule has 1 aliphatic carbocycles. The first-order valence-corrected chi connectivity index (χ1v) is 23.5. The average Bonchev–Trinajstić information content (AvgIpc) is 3.88. The van der Waals surface area contributed by atoms with Crippen molar-refractivity contribution in [2.45, 2.75) is 31.6 Å². The molecule has 65 heavy (non-hydrogen) atoms. The van der Waals surface area contributed by atoms with Crippen LogP contribution in [0.25, 0.3) is 64.3 Å². The minimum Gasteiger partial charge on any atom is -0.310 e. The van der Waals surface area contributed by atoms with Crippen molar-refractivity contribution >= 4 is 59.3 Å². The zero-order valence-electron chi connectivity index (χ0n) is 36.8. The fourth-order valence-electron chi connectivity index (χ4n) is 10.6. The third-order valence-corrected chi connectivity index (χ3v) is 14.9. The summed E-state index contributed by atoms with van der Waals surface area (Å²) < 4.78 is 2.62. The first-order chi connectivity index (χ1) is 31.9. The number of rotatable bonds is 7. The molecule has 1 heterocycles. The summed E-state index contributed by atoms with van der Waals surface area (Å²) in [4.78, 5) is 2.50. The molecule has 11 aromatic rings. The molecule has 0 aliphatic heterocycles. The van der Waals surface area contributed by atoms with Crippen LogP contribution in [0, 0.1) is 0 Å². The molecule has 1 aromatic heterocycles. The van der Waals surface area contributed by atoms with Crippen molar-refractivity contribution in [1.29, 1.82) is 0 Å². The van der Waals surface area contributed by atoms with E-state index in [1.54, 1.807) is 0 Å². The lowest BCUT2D eigenvalue weighted by molar-refractivity contribution is 0.590. The summed E-state index contributed by atoms with van der Waals surface area (Å²) in [6, 6.07) is 86.1. The van der Waals surface area contributed by atoms with E-state index < -0.39 is 5.41 Å². The second-order valence-electron chi connectivity index (χ2n) is 18.5. The van der Waals surface area contributed by atoms with Gasteiger partial charge in [0.1, 0.15) is 0 Å². The van der Waals surface area contributed by atoms with Crippen LogP contribution in [-0.2, 0) is 10.8 Å². The lowest BCUT2D eigenvalue weighted by atomic mass is 9.68. The first kappa shape index (κ1) is 39.1. The number of anilines is 3.